The number of rotatable bonds is 4. The number of nitrogens with one attached hydrogen (secondary N) is 2. The van der Waals surface area contributed by atoms with Crippen molar-refractivity contribution in [2.45, 2.75) is 78.2 Å². The van der Waals surface area contributed by atoms with Crippen molar-refractivity contribution in [2.24, 2.45) is 34.5 Å². The van der Waals surface area contributed by atoms with Crippen molar-refractivity contribution in [3.63, 3.8) is 0 Å². The Bertz CT molecular complexity index is 644. The van der Waals surface area contributed by atoms with Gasteiger partial charge in [0, 0.05) is 23.9 Å². The molecule has 7 atom stereocenters. The lowest BCUT2D eigenvalue weighted by Crippen LogP contribution is -2.59. The maximum atomic E-state index is 12.9. The minimum atomic E-state index is 0.0706. The zero-order chi connectivity index (χ0) is 19.2. The molecule has 0 aromatic heterocycles. The van der Waals surface area contributed by atoms with Crippen LogP contribution in [0.25, 0.3) is 0 Å². The van der Waals surface area contributed by atoms with Gasteiger partial charge in [-0.2, -0.15) is 0 Å². The second kappa shape index (κ2) is 6.93. The maximum Gasteiger partial charge on any atom is 0.243 e. The third kappa shape index (κ3) is 2.94. The molecule has 0 saturated heterocycles. The lowest BCUT2D eigenvalue weighted by atomic mass is 9.48. The van der Waals surface area contributed by atoms with E-state index in [0.717, 1.165) is 38.6 Å². The summed E-state index contributed by atoms with van der Waals surface area (Å²) in [6, 6.07) is 0.287. The number of hydrogen-bond donors (Lipinski definition) is 2. The fraction of sp³-hybridized carbons (Fsp3) is 0.826. The maximum absolute atomic E-state index is 12.9. The third-order valence-corrected chi connectivity index (χ3v) is 8.83. The molecule has 2 unspecified atom stereocenters. The number of unbranched alkanes of at least 4 members (excludes halogenated alkanes) is 1. The Labute approximate surface area is 163 Å². The predicted molar refractivity (Wildman–Crippen MR) is 107 cm³/mol. The number of carbonyl (C=O) groups excluding carboxylic acids is 2. The molecule has 0 spiro atoms. The standard InChI is InChI=1S/C23H36N2O2/c1-4-5-14-24-21(27)18-8-7-16-15-6-9-19-23(3,13-11-20(26)25-19)17(15)10-12-22(16,18)2/h11,13,15-19H,4-10,12,14H2,1-3H3,(H,24,27)(H,25,26)/t15-,16-,17+,18?,19?,22-,23+/m0/s1. The van der Waals surface area contributed by atoms with Crippen LogP contribution in [0.3, 0.4) is 0 Å². The topological polar surface area (TPSA) is 58.2 Å². The fourth-order valence-corrected chi connectivity index (χ4v) is 7.28. The van der Waals surface area contributed by atoms with E-state index in [2.05, 4.69) is 37.5 Å². The first-order valence-corrected chi connectivity index (χ1v) is 11.2. The highest BCUT2D eigenvalue weighted by Crippen LogP contribution is 2.64. The van der Waals surface area contributed by atoms with Crippen molar-refractivity contribution < 1.29 is 9.59 Å². The van der Waals surface area contributed by atoms with E-state index in [1.807, 2.05) is 0 Å². The molecule has 0 aromatic rings. The van der Waals surface area contributed by atoms with Crippen LogP contribution in [0.15, 0.2) is 12.2 Å². The molecule has 1 aliphatic heterocycles. The number of hydrogen-bond acceptors (Lipinski definition) is 2. The molecule has 1 heterocycles. The molecule has 150 valence electrons. The Kier molecular flexibility index (Phi) is 4.88. The van der Waals surface area contributed by atoms with Crippen molar-refractivity contribution in [3.8, 4) is 0 Å². The van der Waals surface area contributed by atoms with Crippen LogP contribution in [0, 0.1) is 34.5 Å². The molecular weight excluding hydrogens is 336 g/mol. The highest BCUT2D eigenvalue weighted by Gasteiger charge is 2.60. The predicted octanol–water partition coefficient (Wildman–Crippen LogP) is 3.82. The minimum absolute atomic E-state index is 0.0706. The molecule has 3 aliphatic carbocycles. The summed E-state index contributed by atoms with van der Waals surface area (Å²) in [5.41, 5.74) is 0.238. The van der Waals surface area contributed by atoms with Gasteiger partial charge in [-0.25, -0.2) is 0 Å². The molecule has 2 amide bonds. The first-order chi connectivity index (χ1) is 12.9. The molecule has 2 N–H and O–H groups in total. The average molecular weight is 373 g/mol. The molecule has 0 radical (unpaired) electrons. The second-order valence-electron chi connectivity index (χ2n) is 10.0. The molecule has 4 nitrogen and oxygen atoms in total. The van der Waals surface area contributed by atoms with Gasteiger partial charge in [0.05, 0.1) is 0 Å². The van der Waals surface area contributed by atoms with Crippen molar-refractivity contribution >= 4 is 11.8 Å². The van der Waals surface area contributed by atoms with Crippen LogP contribution in [-0.4, -0.2) is 24.4 Å². The Hall–Kier alpha value is -1.32. The zero-order valence-electron chi connectivity index (χ0n) is 17.2. The van der Waals surface area contributed by atoms with Crippen molar-refractivity contribution in [3.05, 3.63) is 12.2 Å². The van der Waals surface area contributed by atoms with E-state index in [-0.39, 0.29) is 28.7 Å². The molecular formula is C23H36N2O2. The van der Waals surface area contributed by atoms with Crippen LogP contribution in [0.2, 0.25) is 0 Å². The first-order valence-electron chi connectivity index (χ1n) is 11.2. The fourth-order valence-electron chi connectivity index (χ4n) is 7.28. The normalized spacial score (nSPS) is 45.4. The van der Waals surface area contributed by atoms with Crippen molar-refractivity contribution in [1.29, 1.82) is 0 Å². The van der Waals surface area contributed by atoms with E-state index in [4.69, 9.17) is 0 Å². The molecule has 0 bridgehead atoms. The van der Waals surface area contributed by atoms with Gasteiger partial charge in [0.15, 0.2) is 0 Å². The number of amides is 2. The SMILES string of the molecule is CCCCNC(=O)C1CC[C@H]2[C@@H]3CCC4NC(=O)C=C[C@]4(C)[C@@H]3CC[C@]12C. The van der Waals surface area contributed by atoms with Crippen molar-refractivity contribution in [2.75, 3.05) is 6.54 Å². The average Bonchev–Trinajstić information content (AvgIpc) is 3.00. The van der Waals surface area contributed by atoms with Gasteiger partial charge < -0.3 is 10.6 Å². The van der Waals surface area contributed by atoms with E-state index in [9.17, 15) is 9.59 Å². The molecule has 0 aromatic carbocycles. The Balaban J connectivity index is 1.53. The summed E-state index contributed by atoms with van der Waals surface area (Å²) >= 11 is 0. The highest BCUT2D eigenvalue weighted by molar-refractivity contribution is 5.89. The van der Waals surface area contributed by atoms with Gasteiger partial charge in [0.25, 0.3) is 0 Å². The molecule has 3 fully saturated rings. The second-order valence-corrected chi connectivity index (χ2v) is 10.0. The summed E-state index contributed by atoms with van der Waals surface area (Å²) in [5.74, 6) is 2.54. The Morgan fingerprint density at radius 2 is 2.00 bits per heavy atom. The van der Waals surface area contributed by atoms with E-state index in [0.29, 0.717) is 23.7 Å². The summed E-state index contributed by atoms with van der Waals surface area (Å²) in [4.78, 5) is 24.7. The summed E-state index contributed by atoms with van der Waals surface area (Å²) in [5, 5.41) is 6.44. The van der Waals surface area contributed by atoms with E-state index < -0.39 is 0 Å². The summed E-state index contributed by atoms with van der Waals surface area (Å²) in [6.45, 7) is 7.75. The largest absolute Gasteiger partial charge is 0.356 e. The zero-order valence-corrected chi connectivity index (χ0v) is 17.2. The molecule has 3 saturated carbocycles. The van der Waals surface area contributed by atoms with Crippen LogP contribution in [0.1, 0.15) is 72.1 Å². The van der Waals surface area contributed by atoms with Crippen LogP contribution in [-0.2, 0) is 9.59 Å². The van der Waals surface area contributed by atoms with Crippen LogP contribution in [0.4, 0.5) is 0 Å². The molecule has 4 rings (SSSR count). The van der Waals surface area contributed by atoms with E-state index in [1.54, 1.807) is 6.08 Å². The van der Waals surface area contributed by atoms with Gasteiger partial charge in [0.1, 0.15) is 0 Å². The van der Waals surface area contributed by atoms with E-state index in [1.165, 1.54) is 19.3 Å². The molecule has 4 heteroatoms. The van der Waals surface area contributed by atoms with Gasteiger partial charge in [-0.1, -0.05) is 33.3 Å². The Morgan fingerprint density at radius 1 is 1.19 bits per heavy atom. The van der Waals surface area contributed by atoms with Gasteiger partial charge in [-0.05, 0) is 74.2 Å². The smallest absolute Gasteiger partial charge is 0.243 e. The monoisotopic (exact) mass is 372 g/mol. The van der Waals surface area contributed by atoms with Crippen LogP contribution >= 0.6 is 0 Å². The summed E-state index contributed by atoms with van der Waals surface area (Å²) in [7, 11) is 0. The van der Waals surface area contributed by atoms with E-state index >= 15 is 0 Å². The van der Waals surface area contributed by atoms with Gasteiger partial charge in [-0.15, -0.1) is 0 Å². The minimum Gasteiger partial charge on any atom is -0.356 e. The lowest BCUT2D eigenvalue weighted by Gasteiger charge is -2.58. The van der Waals surface area contributed by atoms with Crippen LogP contribution in [0.5, 0.6) is 0 Å². The van der Waals surface area contributed by atoms with Gasteiger partial charge in [0.2, 0.25) is 11.8 Å². The number of carbonyl (C=O) groups is 2. The Morgan fingerprint density at radius 3 is 2.78 bits per heavy atom. The molecule has 4 aliphatic rings. The highest BCUT2D eigenvalue weighted by atomic mass is 16.2. The third-order valence-electron chi connectivity index (χ3n) is 8.83. The van der Waals surface area contributed by atoms with Crippen molar-refractivity contribution in [1.82, 2.24) is 10.6 Å². The van der Waals surface area contributed by atoms with Gasteiger partial charge in [-0.3, -0.25) is 9.59 Å². The molecule has 27 heavy (non-hydrogen) atoms. The lowest BCUT2D eigenvalue weighted by molar-refractivity contribution is -0.134. The van der Waals surface area contributed by atoms with Gasteiger partial charge >= 0.3 is 0 Å². The quantitative estimate of drug-likeness (QED) is 0.737. The van der Waals surface area contributed by atoms with Crippen LogP contribution < -0.4 is 10.6 Å². The summed E-state index contributed by atoms with van der Waals surface area (Å²) < 4.78 is 0. The number of fused-ring (bicyclic) bond motifs is 5. The summed E-state index contributed by atoms with van der Waals surface area (Å²) in [6.07, 6.45) is 13.0. The first kappa shape index (κ1) is 19.0.